The molecule has 33 heavy (non-hydrogen) atoms. The van der Waals surface area contributed by atoms with Crippen LogP contribution in [0.5, 0.6) is 11.5 Å². The fourth-order valence-corrected chi connectivity index (χ4v) is 2.85. The number of halogens is 3. The Morgan fingerprint density at radius 3 is 2.55 bits per heavy atom. The molecule has 0 spiro atoms. The van der Waals surface area contributed by atoms with Gasteiger partial charge in [0.25, 0.3) is 0 Å². The van der Waals surface area contributed by atoms with E-state index in [1.54, 1.807) is 13.0 Å². The zero-order valence-corrected chi connectivity index (χ0v) is 17.9. The zero-order chi connectivity index (χ0) is 23.7. The molecule has 174 valence electrons. The van der Waals surface area contributed by atoms with Crippen LogP contribution in [0.25, 0.3) is 6.08 Å². The number of hydrogen-bond donors (Lipinski definition) is 1. The van der Waals surface area contributed by atoms with Crippen molar-refractivity contribution in [2.24, 2.45) is 0 Å². The van der Waals surface area contributed by atoms with Crippen LogP contribution >= 0.6 is 0 Å². The van der Waals surface area contributed by atoms with Gasteiger partial charge in [0.15, 0.2) is 6.61 Å². The van der Waals surface area contributed by atoms with Crippen molar-refractivity contribution in [3.8, 4) is 11.5 Å². The summed E-state index contributed by atoms with van der Waals surface area (Å²) >= 11 is 0. The Kier molecular flexibility index (Phi) is 8.07. The van der Waals surface area contributed by atoms with Gasteiger partial charge in [0.2, 0.25) is 5.91 Å². The number of carbonyl (C=O) groups is 1. The van der Waals surface area contributed by atoms with Crippen molar-refractivity contribution in [1.29, 1.82) is 0 Å². The number of nitrogens with zero attached hydrogens (tertiary/aromatic N) is 1. The number of amides is 1. The van der Waals surface area contributed by atoms with Gasteiger partial charge in [0.1, 0.15) is 18.1 Å². The molecule has 0 unspecified atom stereocenters. The van der Waals surface area contributed by atoms with Gasteiger partial charge < -0.3 is 14.8 Å². The van der Waals surface area contributed by atoms with Crippen molar-refractivity contribution >= 4 is 12.0 Å². The van der Waals surface area contributed by atoms with E-state index in [9.17, 15) is 18.0 Å². The number of benzene rings is 2. The largest absolute Gasteiger partial charge is 0.489 e. The van der Waals surface area contributed by atoms with Crippen LogP contribution in [0.15, 0.2) is 79.0 Å². The normalized spacial score (nSPS) is 12.4. The first kappa shape index (κ1) is 23.8. The minimum atomic E-state index is -4.42. The van der Waals surface area contributed by atoms with Gasteiger partial charge in [-0.25, -0.2) is 0 Å². The van der Waals surface area contributed by atoms with Crippen molar-refractivity contribution in [3.63, 3.8) is 0 Å². The number of rotatable bonds is 9. The second kappa shape index (κ2) is 11.2. The highest BCUT2D eigenvalue weighted by atomic mass is 19.4. The lowest BCUT2D eigenvalue weighted by molar-refractivity contribution is -0.153. The molecule has 0 aliphatic carbocycles. The molecule has 0 aliphatic rings. The number of carbonyl (C=O) groups excluding carboxylic acids is 1. The van der Waals surface area contributed by atoms with Crippen LogP contribution in [0.3, 0.4) is 0 Å². The molecule has 0 radical (unpaired) electrons. The van der Waals surface area contributed by atoms with Crippen molar-refractivity contribution < 1.29 is 28.9 Å². The maximum atomic E-state index is 12.3. The number of nitrogens with one attached hydrogen (secondary N) is 1. The Morgan fingerprint density at radius 2 is 1.85 bits per heavy atom. The molecular formula is C25H25F3N2O3. The van der Waals surface area contributed by atoms with E-state index in [4.69, 9.17) is 4.74 Å². The second-order valence-corrected chi connectivity index (χ2v) is 7.23. The third kappa shape index (κ3) is 8.33. The summed E-state index contributed by atoms with van der Waals surface area (Å²) < 4.78 is 47.1. The van der Waals surface area contributed by atoms with E-state index >= 15 is 0 Å². The third-order valence-electron chi connectivity index (χ3n) is 4.50. The molecule has 1 aromatic heterocycles. The van der Waals surface area contributed by atoms with E-state index in [0.29, 0.717) is 18.1 Å². The summed E-state index contributed by atoms with van der Waals surface area (Å²) in [6, 6.07) is 19.6. The molecule has 1 amide bonds. The van der Waals surface area contributed by atoms with Crippen molar-refractivity contribution in [1.82, 2.24) is 10.3 Å². The van der Waals surface area contributed by atoms with E-state index in [0.717, 1.165) is 11.1 Å². The first-order chi connectivity index (χ1) is 15.8. The summed E-state index contributed by atoms with van der Waals surface area (Å²) in [7, 11) is 0. The van der Waals surface area contributed by atoms with Gasteiger partial charge in [-0.1, -0.05) is 42.5 Å². The molecule has 1 heterocycles. The Bertz CT molecular complexity index is 1070. The van der Waals surface area contributed by atoms with Crippen LogP contribution in [0.2, 0.25) is 0 Å². The number of alkyl halides is 3. The molecule has 0 aliphatic heterocycles. The molecule has 8 heteroatoms. The summed E-state index contributed by atoms with van der Waals surface area (Å²) in [5.41, 5.74) is 2.35. The highest BCUT2D eigenvalue weighted by Crippen LogP contribution is 2.20. The topological polar surface area (TPSA) is 60.5 Å². The van der Waals surface area contributed by atoms with E-state index in [-0.39, 0.29) is 13.1 Å². The van der Waals surface area contributed by atoms with Crippen molar-refractivity contribution in [2.45, 2.75) is 25.7 Å². The Hall–Kier alpha value is -3.81. The van der Waals surface area contributed by atoms with Gasteiger partial charge in [0.05, 0.1) is 17.9 Å². The van der Waals surface area contributed by atoms with Crippen LogP contribution in [0, 0.1) is 0 Å². The van der Waals surface area contributed by atoms with E-state index in [1.807, 2.05) is 54.6 Å². The van der Waals surface area contributed by atoms with Gasteiger partial charge >= 0.3 is 6.18 Å². The molecule has 0 bridgehead atoms. The Balaban J connectivity index is 0.00000408. The highest BCUT2D eigenvalue weighted by Gasteiger charge is 2.28. The molecule has 1 N–H and O–H groups in total. The van der Waals surface area contributed by atoms with Gasteiger partial charge in [-0.3, -0.25) is 9.78 Å². The predicted octanol–water partition coefficient (Wildman–Crippen LogP) is 5.74. The average molecular weight is 458 g/mol. The molecule has 0 saturated heterocycles. The predicted molar refractivity (Wildman–Crippen MR) is 121 cm³/mol. The maximum Gasteiger partial charge on any atom is 0.422 e. The number of aromatic nitrogens is 1. The highest BCUT2D eigenvalue weighted by molar-refractivity contribution is 5.92. The number of hydrogen-bond acceptors (Lipinski definition) is 4. The van der Waals surface area contributed by atoms with Gasteiger partial charge in [-0.05, 0) is 48.4 Å². The van der Waals surface area contributed by atoms with Crippen LogP contribution in [0.4, 0.5) is 13.2 Å². The van der Waals surface area contributed by atoms with Crippen LogP contribution < -0.4 is 14.8 Å². The quantitative estimate of drug-likeness (QED) is 0.416. The van der Waals surface area contributed by atoms with Crippen LogP contribution in [-0.4, -0.2) is 23.7 Å². The number of pyridine rings is 1. The van der Waals surface area contributed by atoms with E-state index < -0.39 is 18.8 Å². The molecule has 0 saturated carbocycles. The van der Waals surface area contributed by atoms with Gasteiger partial charge in [-0.15, -0.1) is 0 Å². The summed E-state index contributed by atoms with van der Waals surface area (Å²) in [4.78, 5) is 16.3. The second-order valence-electron chi connectivity index (χ2n) is 7.23. The third-order valence-corrected chi connectivity index (χ3v) is 4.50. The molecule has 5 nitrogen and oxygen atoms in total. The van der Waals surface area contributed by atoms with Crippen molar-refractivity contribution in [3.05, 3.63) is 95.8 Å². The number of ether oxygens (including phenoxy) is 2. The molecule has 1 atom stereocenters. The molecular weight excluding hydrogens is 433 g/mol. The average Bonchev–Trinajstić information content (AvgIpc) is 2.81. The molecule has 3 rings (SSSR count). The van der Waals surface area contributed by atoms with Crippen molar-refractivity contribution in [2.75, 3.05) is 6.61 Å². The van der Waals surface area contributed by atoms with Crippen LogP contribution in [-0.2, 0) is 11.4 Å². The lowest BCUT2D eigenvalue weighted by atomic mass is 10.2. The monoisotopic (exact) mass is 458 g/mol. The lowest BCUT2D eigenvalue weighted by Gasteiger charge is -2.13. The summed E-state index contributed by atoms with van der Waals surface area (Å²) in [5.74, 6) is 0.355. The molecule has 3 aromatic rings. The molecule has 2 aromatic carbocycles. The van der Waals surface area contributed by atoms with E-state index in [1.165, 1.54) is 24.4 Å². The standard InChI is InChI=1S/C25H23F3N2O3.H2/c1-18(23-12-11-22(15-29-23)33-17-25(26,27)28)30-24(31)13-10-19-8-5-9-21(14-19)32-16-20-6-3-2-4-7-20;/h2-15,18H,16-17H2,1H3,(H,30,31);1H/b13-10+;/t18-;/m0./s1. The van der Waals surface area contributed by atoms with E-state index in [2.05, 4.69) is 15.0 Å². The maximum absolute atomic E-state index is 12.3. The zero-order valence-electron chi connectivity index (χ0n) is 17.9. The molecule has 0 fully saturated rings. The lowest BCUT2D eigenvalue weighted by Crippen LogP contribution is -2.25. The minimum Gasteiger partial charge on any atom is -0.489 e. The first-order valence-corrected chi connectivity index (χ1v) is 10.2. The SMILES string of the molecule is C[C@H](NC(=O)/C=C/c1cccc(OCc2ccccc2)c1)c1ccc(OCC(F)(F)F)cn1.[HH]. The summed E-state index contributed by atoms with van der Waals surface area (Å²) in [6.07, 6.45) is -0.160. The smallest absolute Gasteiger partial charge is 0.422 e. The van der Waals surface area contributed by atoms with Crippen LogP contribution in [0.1, 0.15) is 31.2 Å². The fourth-order valence-electron chi connectivity index (χ4n) is 2.85. The Labute approximate surface area is 191 Å². The minimum absolute atomic E-state index is 0. The summed E-state index contributed by atoms with van der Waals surface area (Å²) in [6.45, 7) is 0.783. The van der Waals surface area contributed by atoms with Gasteiger partial charge in [-0.2, -0.15) is 13.2 Å². The Morgan fingerprint density at radius 1 is 1.06 bits per heavy atom. The first-order valence-electron chi connectivity index (χ1n) is 10.2. The summed E-state index contributed by atoms with van der Waals surface area (Å²) in [5, 5.41) is 2.76. The van der Waals surface area contributed by atoms with Gasteiger partial charge in [0, 0.05) is 7.50 Å². The fraction of sp³-hybridized carbons (Fsp3) is 0.200.